The summed E-state index contributed by atoms with van der Waals surface area (Å²) in [6, 6.07) is 0. The molecule has 68 valence electrons. The summed E-state index contributed by atoms with van der Waals surface area (Å²) in [5.74, 6) is 3.04. The molecule has 11 heavy (non-hydrogen) atoms. The maximum Gasteiger partial charge on any atom is 0.0592 e. The van der Waals surface area contributed by atoms with Crippen LogP contribution in [0, 0.1) is 0 Å². The Hall–Kier alpha value is 2.20. The molecule has 0 aromatic rings. The van der Waals surface area contributed by atoms with Gasteiger partial charge in [0.2, 0.25) is 0 Å². The lowest BCUT2D eigenvalue weighted by molar-refractivity contribution is 1.43. The molecule has 1 atom stereocenters. The number of hydrogen-bond acceptors (Lipinski definition) is 2. The molecule has 0 amide bonds. The Bertz CT molecular complexity index is 79.0. The Labute approximate surface area is 104 Å². The first-order valence-corrected chi connectivity index (χ1v) is 8.54. The van der Waals surface area contributed by atoms with E-state index in [0.717, 1.165) is 21.5 Å². The monoisotopic (exact) mass is 388 g/mol. The van der Waals surface area contributed by atoms with E-state index >= 15 is 0 Å². The van der Waals surface area contributed by atoms with Gasteiger partial charge >= 0.3 is 0 Å². The second-order valence-electron chi connectivity index (χ2n) is 1.70. The molecule has 0 fully saturated rings. The van der Waals surface area contributed by atoms with E-state index in [1.807, 2.05) is 23.5 Å². The summed E-state index contributed by atoms with van der Waals surface area (Å²) in [7, 11) is 0. The number of halogens is 3. The second-order valence-corrected chi connectivity index (χ2v) is 6.67. The van der Waals surface area contributed by atoms with Crippen molar-refractivity contribution in [2.24, 2.45) is 0 Å². The van der Waals surface area contributed by atoms with Crippen LogP contribution in [0.25, 0.3) is 0 Å². The highest BCUT2D eigenvalue weighted by molar-refractivity contribution is 14.1. The Morgan fingerprint density at radius 1 is 1.36 bits per heavy atom. The molecule has 0 saturated carbocycles. The fourth-order valence-corrected chi connectivity index (χ4v) is 4.69. The molecule has 0 N–H and O–H groups in total. The van der Waals surface area contributed by atoms with Crippen LogP contribution < -0.4 is 0 Å². The summed E-state index contributed by atoms with van der Waals surface area (Å²) >= 11 is 15.4. The van der Waals surface area contributed by atoms with Gasteiger partial charge in [0.25, 0.3) is 0 Å². The third-order valence-electron chi connectivity index (χ3n) is 0.888. The summed E-state index contributed by atoms with van der Waals surface area (Å²) in [6.07, 6.45) is 0. The topological polar surface area (TPSA) is 0 Å². The van der Waals surface area contributed by atoms with E-state index in [0.29, 0.717) is 0 Å². The van der Waals surface area contributed by atoms with E-state index in [9.17, 15) is 0 Å². The van der Waals surface area contributed by atoms with Crippen LogP contribution >= 0.6 is 73.6 Å². The number of alkyl halides is 3. The minimum absolute atomic E-state index is 0.729. The van der Waals surface area contributed by atoms with Crippen molar-refractivity contribution in [3.63, 3.8) is 0 Å². The van der Waals surface area contributed by atoms with Crippen LogP contribution in [0.2, 0.25) is 0 Å². The van der Waals surface area contributed by atoms with Gasteiger partial charge in [-0.05, 0) is 0 Å². The standard InChI is InChI=1S/C6H11BrClIS2/c7-1-3-10-6(5-9)11-4-2-8/h6H,1-5H2. The van der Waals surface area contributed by atoms with Crippen molar-refractivity contribution in [2.45, 2.75) is 4.58 Å². The molecule has 0 aliphatic rings. The smallest absolute Gasteiger partial charge is 0.0592 e. The van der Waals surface area contributed by atoms with Crippen molar-refractivity contribution >= 4 is 73.6 Å². The van der Waals surface area contributed by atoms with Gasteiger partial charge in [-0.3, -0.25) is 0 Å². The predicted molar refractivity (Wildman–Crippen MR) is 72.1 cm³/mol. The van der Waals surface area contributed by atoms with Gasteiger partial charge in [-0.25, -0.2) is 0 Å². The second kappa shape index (κ2) is 10.3. The molecule has 0 saturated heterocycles. The quantitative estimate of drug-likeness (QED) is 0.369. The third-order valence-corrected chi connectivity index (χ3v) is 7.07. The SMILES string of the molecule is ClCCSC(CI)SCCBr. The normalized spacial score (nSPS) is 13.4. The lowest BCUT2D eigenvalue weighted by Crippen LogP contribution is -2.01. The van der Waals surface area contributed by atoms with Crippen LogP contribution in [-0.2, 0) is 0 Å². The van der Waals surface area contributed by atoms with Crippen LogP contribution in [0.3, 0.4) is 0 Å². The Morgan fingerprint density at radius 2 is 2.00 bits per heavy atom. The number of hydrogen-bond donors (Lipinski definition) is 0. The highest BCUT2D eigenvalue weighted by atomic mass is 127. The average molecular weight is 390 g/mol. The maximum absolute atomic E-state index is 5.59. The molecule has 0 spiro atoms. The zero-order valence-electron chi connectivity index (χ0n) is 6.06. The van der Waals surface area contributed by atoms with Crippen LogP contribution in [0.5, 0.6) is 0 Å². The van der Waals surface area contributed by atoms with E-state index in [-0.39, 0.29) is 0 Å². The van der Waals surface area contributed by atoms with Gasteiger partial charge in [0.1, 0.15) is 0 Å². The predicted octanol–water partition coefficient (Wildman–Crippen LogP) is 3.85. The van der Waals surface area contributed by atoms with Crippen LogP contribution in [0.4, 0.5) is 0 Å². The molecule has 0 nitrogen and oxygen atoms in total. The van der Waals surface area contributed by atoms with Crippen molar-refractivity contribution in [1.82, 2.24) is 0 Å². The molecule has 0 radical (unpaired) electrons. The van der Waals surface area contributed by atoms with Crippen LogP contribution in [0.1, 0.15) is 0 Å². The first kappa shape index (κ1) is 13.2. The highest BCUT2D eigenvalue weighted by Crippen LogP contribution is 2.25. The lowest BCUT2D eigenvalue weighted by atomic mass is 10.9. The Kier molecular flexibility index (Phi) is 12.3. The van der Waals surface area contributed by atoms with Gasteiger partial charge in [-0.2, -0.15) is 0 Å². The van der Waals surface area contributed by atoms with Gasteiger partial charge in [-0.15, -0.1) is 35.1 Å². The minimum Gasteiger partial charge on any atom is -0.146 e. The summed E-state index contributed by atoms with van der Waals surface area (Å²) in [6.45, 7) is 0. The summed E-state index contributed by atoms with van der Waals surface area (Å²) in [4.78, 5) is 0. The Balaban J connectivity index is 3.25. The number of rotatable bonds is 7. The fraction of sp³-hybridized carbons (Fsp3) is 1.00. The van der Waals surface area contributed by atoms with Gasteiger partial charge < -0.3 is 0 Å². The molecule has 1 unspecified atom stereocenters. The van der Waals surface area contributed by atoms with Crippen molar-refractivity contribution in [3.8, 4) is 0 Å². The van der Waals surface area contributed by atoms with Crippen LogP contribution in [0.15, 0.2) is 0 Å². The molecular weight excluding hydrogens is 378 g/mol. The summed E-state index contributed by atoms with van der Waals surface area (Å²) < 4.78 is 1.93. The van der Waals surface area contributed by atoms with Crippen molar-refractivity contribution in [1.29, 1.82) is 0 Å². The molecule has 0 aromatic heterocycles. The number of thioether (sulfide) groups is 2. The van der Waals surface area contributed by atoms with Gasteiger partial charge in [-0.1, -0.05) is 38.5 Å². The van der Waals surface area contributed by atoms with Crippen molar-refractivity contribution < 1.29 is 0 Å². The lowest BCUT2D eigenvalue weighted by Gasteiger charge is -2.10. The maximum atomic E-state index is 5.59. The third kappa shape index (κ3) is 8.53. The summed E-state index contributed by atoms with van der Waals surface area (Å²) in [5, 5.41) is 1.09. The molecule has 0 rings (SSSR count). The van der Waals surface area contributed by atoms with Gasteiger partial charge in [0.15, 0.2) is 0 Å². The van der Waals surface area contributed by atoms with E-state index in [4.69, 9.17) is 11.6 Å². The Morgan fingerprint density at radius 3 is 2.45 bits per heavy atom. The van der Waals surface area contributed by atoms with Crippen LogP contribution in [-0.4, -0.2) is 31.7 Å². The molecular formula is C6H11BrClIS2. The minimum atomic E-state index is 0.729. The van der Waals surface area contributed by atoms with Crippen molar-refractivity contribution in [3.05, 3.63) is 0 Å². The zero-order valence-corrected chi connectivity index (χ0v) is 12.2. The van der Waals surface area contributed by atoms with E-state index in [1.165, 1.54) is 10.2 Å². The molecule has 0 aliphatic carbocycles. The molecule has 0 aromatic carbocycles. The average Bonchev–Trinajstić information content (AvgIpc) is 2.05. The van der Waals surface area contributed by atoms with E-state index < -0.39 is 0 Å². The molecule has 0 heterocycles. The largest absolute Gasteiger partial charge is 0.146 e. The first-order chi connectivity index (χ1) is 5.35. The fourth-order valence-electron chi connectivity index (χ4n) is 0.489. The highest BCUT2D eigenvalue weighted by Gasteiger charge is 2.05. The van der Waals surface area contributed by atoms with Gasteiger partial charge in [0.05, 0.1) is 4.58 Å². The first-order valence-electron chi connectivity index (χ1n) is 3.26. The zero-order chi connectivity index (χ0) is 8.53. The van der Waals surface area contributed by atoms with Gasteiger partial charge in [0, 0.05) is 27.1 Å². The van der Waals surface area contributed by atoms with Crippen molar-refractivity contribution in [2.75, 3.05) is 27.1 Å². The molecule has 0 bridgehead atoms. The summed E-state index contributed by atoms with van der Waals surface area (Å²) in [5.41, 5.74) is 0. The molecule has 5 heteroatoms. The van der Waals surface area contributed by atoms with E-state index in [1.54, 1.807) is 0 Å². The van der Waals surface area contributed by atoms with E-state index in [2.05, 4.69) is 38.5 Å². The molecule has 0 aliphatic heterocycles.